The molecule has 2 aromatic rings. The summed E-state index contributed by atoms with van der Waals surface area (Å²) in [5, 5.41) is 0. The van der Waals surface area contributed by atoms with Crippen molar-refractivity contribution >= 4 is 15.6 Å². The van der Waals surface area contributed by atoms with Crippen LogP contribution < -0.4 is 9.47 Å². The van der Waals surface area contributed by atoms with Crippen molar-refractivity contribution in [1.29, 1.82) is 0 Å². The van der Waals surface area contributed by atoms with Crippen molar-refractivity contribution in [3.8, 4) is 11.5 Å². The fraction of sp³-hybridized carbons (Fsp3) is 0.263. The van der Waals surface area contributed by atoms with Crippen molar-refractivity contribution in [2.75, 3.05) is 14.2 Å². The number of ether oxygens (including phenoxy) is 2. The van der Waals surface area contributed by atoms with Gasteiger partial charge in [-0.3, -0.25) is 4.31 Å². The van der Waals surface area contributed by atoms with Gasteiger partial charge in [-0.1, -0.05) is 24.3 Å². The molecule has 0 aliphatic carbocycles. The molecular formula is C19H18F3NO4S. The van der Waals surface area contributed by atoms with Crippen LogP contribution in [0.4, 0.5) is 13.2 Å². The fourth-order valence-electron chi connectivity index (χ4n) is 3.04. The van der Waals surface area contributed by atoms with Crippen LogP contribution in [-0.2, 0) is 10.0 Å². The minimum atomic E-state index is -5.54. The molecule has 150 valence electrons. The van der Waals surface area contributed by atoms with Crippen LogP contribution in [0.3, 0.4) is 0 Å². The van der Waals surface area contributed by atoms with Gasteiger partial charge in [0.05, 0.1) is 20.3 Å². The minimum absolute atomic E-state index is 0.105. The second kappa shape index (κ2) is 7.38. The van der Waals surface area contributed by atoms with Crippen LogP contribution in [0.5, 0.6) is 11.5 Å². The van der Waals surface area contributed by atoms with Crippen molar-refractivity contribution in [3.05, 3.63) is 65.9 Å². The van der Waals surface area contributed by atoms with Crippen molar-refractivity contribution in [2.24, 2.45) is 0 Å². The van der Waals surface area contributed by atoms with Crippen LogP contribution in [0, 0.1) is 0 Å². The largest absolute Gasteiger partial charge is 0.516 e. The number of halogens is 3. The molecule has 1 atom stereocenters. The number of benzene rings is 2. The SMILES string of the molecule is COc1ccc(C2=CN(S(=O)(=O)C(F)(F)F)[C@@H](c3ccc(OC)cc3)C2)cc1. The first-order valence-electron chi connectivity index (χ1n) is 8.26. The van der Waals surface area contributed by atoms with E-state index in [1.807, 2.05) is 0 Å². The van der Waals surface area contributed by atoms with Gasteiger partial charge < -0.3 is 9.47 Å². The van der Waals surface area contributed by atoms with E-state index >= 15 is 0 Å². The van der Waals surface area contributed by atoms with Crippen LogP contribution in [0.2, 0.25) is 0 Å². The first-order valence-corrected chi connectivity index (χ1v) is 9.70. The smallest absolute Gasteiger partial charge is 0.497 e. The summed E-state index contributed by atoms with van der Waals surface area (Å²) >= 11 is 0. The van der Waals surface area contributed by atoms with Crippen molar-refractivity contribution in [2.45, 2.75) is 18.0 Å². The van der Waals surface area contributed by atoms with E-state index in [0.29, 0.717) is 32.5 Å². The molecule has 0 bridgehead atoms. The predicted octanol–water partition coefficient (Wildman–Crippen LogP) is 4.34. The van der Waals surface area contributed by atoms with Crippen molar-refractivity contribution < 1.29 is 31.1 Å². The van der Waals surface area contributed by atoms with E-state index in [2.05, 4.69) is 0 Å². The molecule has 0 aromatic heterocycles. The molecule has 1 aliphatic heterocycles. The van der Waals surface area contributed by atoms with Gasteiger partial charge in [-0.25, -0.2) is 0 Å². The van der Waals surface area contributed by atoms with Crippen LogP contribution in [0.25, 0.3) is 5.57 Å². The molecule has 5 nitrogen and oxygen atoms in total. The Bertz CT molecular complexity index is 968. The maximum atomic E-state index is 13.2. The summed E-state index contributed by atoms with van der Waals surface area (Å²) < 4.78 is 74.5. The Morgan fingerprint density at radius 2 is 1.43 bits per heavy atom. The molecule has 0 unspecified atom stereocenters. The zero-order valence-corrected chi connectivity index (χ0v) is 15.9. The molecule has 3 rings (SSSR count). The summed E-state index contributed by atoms with van der Waals surface area (Å²) in [6.07, 6.45) is 1.16. The molecule has 28 heavy (non-hydrogen) atoms. The van der Waals surface area contributed by atoms with Gasteiger partial charge in [-0.2, -0.15) is 21.6 Å². The number of alkyl halides is 3. The third kappa shape index (κ3) is 3.66. The summed E-state index contributed by atoms with van der Waals surface area (Å²) in [6, 6.07) is 12.0. The van der Waals surface area contributed by atoms with E-state index in [4.69, 9.17) is 9.47 Å². The number of sulfonamides is 1. The minimum Gasteiger partial charge on any atom is -0.497 e. The highest BCUT2D eigenvalue weighted by Crippen LogP contribution is 2.44. The summed E-state index contributed by atoms with van der Waals surface area (Å²) in [5.74, 6) is 1.11. The highest BCUT2D eigenvalue weighted by Gasteiger charge is 2.52. The van der Waals surface area contributed by atoms with Gasteiger partial charge in [0.1, 0.15) is 11.5 Å². The molecule has 2 aromatic carbocycles. The molecule has 0 fully saturated rings. The molecule has 0 saturated carbocycles. The lowest BCUT2D eigenvalue weighted by Crippen LogP contribution is -2.37. The third-order valence-electron chi connectivity index (χ3n) is 4.53. The second-order valence-electron chi connectivity index (χ2n) is 6.16. The Labute approximate surface area is 161 Å². The Balaban J connectivity index is 2.03. The summed E-state index contributed by atoms with van der Waals surface area (Å²) in [4.78, 5) is 0. The van der Waals surface area contributed by atoms with E-state index in [1.165, 1.54) is 14.2 Å². The van der Waals surface area contributed by atoms with Crippen LogP contribution in [-0.4, -0.2) is 32.5 Å². The van der Waals surface area contributed by atoms with Crippen LogP contribution >= 0.6 is 0 Å². The summed E-state index contributed by atoms with van der Waals surface area (Å²) in [6.45, 7) is 0. The lowest BCUT2D eigenvalue weighted by Gasteiger charge is -2.26. The highest BCUT2D eigenvalue weighted by molar-refractivity contribution is 7.90. The van der Waals surface area contributed by atoms with E-state index < -0.39 is 21.6 Å². The molecule has 0 amide bonds. The number of nitrogens with zero attached hydrogens (tertiary/aromatic N) is 1. The van der Waals surface area contributed by atoms with E-state index in [-0.39, 0.29) is 6.42 Å². The van der Waals surface area contributed by atoms with Crippen LogP contribution in [0.15, 0.2) is 54.7 Å². The van der Waals surface area contributed by atoms with E-state index in [9.17, 15) is 21.6 Å². The average Bonchev–Trinajstić information content (AvgIpc) is 3.13. The van der Waals surface area contributed by atoms with Gasteiger partial charge in [0.2, 0.25) is 0 Å². The van der Waals surface area contributed by atoms with Gasteiger partial charge in [-0.05, 0) is 41.0 Å². The summed E-state index contributed by atoms with van der Waals surface area (Å²) in [7, 11) is -2.57. The number of rotatable bonds is 5. The Kier molecular flexibility index (Phi) is 5.29. The molecule has 0 spiro atoms. The average molecular weight is 413 g/mol. The molecule has 1 heterocycles. The lowest BCUT2D eigenvalue weighted by molar-refractivity contribution is -0.0484. The first kappa shape index (κ1) is 20.1. The zero-order valence-electron chi connectivity index (χ0n) is 15.1. The van der Waals surface area contributed by atoms with Gasteiger partial charge in [0, 0.05) is 12.6 Å². The van der Waals surface area contributed by atoms with E-state index in [1.54, 1.807) is 48.5 Å². The fourth-order valence-corrected chi connectivity index (χ4v) is 4.08. The highest BCUT2D eigenvalue weighted by atomic mass is 32.2. The first-order chi connectivity index (χ1) is 13.2. The zero-order chi connectivity index (χ0) is 20.5. The second-order valence-corrected chi connectivity index (χ2v) is 7.99. The summed E-state index contributed by atoms with van der Waals surface area (Å²) in [5.41, 5.74) is -3.85. The van der Waals surface area contributed by atoms with Crippen molar-refractivity contribution in [1.82, 2.24) is 4.31 Å². The third-order valence-corrected chi connectivity index (χ3v) is 6.03. The monoisotopic (exact) mass is 413 g/mol. The Morgan fingerprint density at radius 1 is 0.929 bits per heavy atom. The van der Waals surface area contributed by atoms with E-state index in [0.717, 1.165) is 6.20 Å². The van der Waals surface area contributed by atoms with Gasteiger partial charge in [0.25, 0.3) is 0 Å². The maximum absolute atomic E-state index is 13.2. The Hall–Kier alpha value is -2.68. The van der Waals surface area contributed by atoms with Gasteiger partial charge in [-0.15, -0.1) is 0 Å². The van der Waals surface area contributed by atoms with Crippen molar-refractivity contribution in [3.63, 3.8) is 0 Å². The lowest BCUT2D eigenvalue weighted by atomic mass is 9.98. The number of hydrogen-bond acceptors (Lipinski definition) is 4. The normalized spacial score (nSPS) is 17.4. The predicted molar refractivity (Wildman–Crippen MR) is 98.1 cm³/mol. The maximum Gasteiger partial charge on any atom is 0.516 e. The molecule has 0 saturated heterocycles. The van der Waals surface area contributed by atoms with Gasteiger partial charge >= 0.3 is 15.5 Å². The molecule has 0 radical (unpaired) electrons. The molecule has 0 N–H and O–H groups in total. The Morgan fingerprint density at radius 3 is 1.89 bits per heavy atom. The number of methoxy groups -OCH3 is 2. The van der Waals surface area contributed by atoms with Crippen LogP contribution in [0.1, 0.15) is 23.6 Å². The van der Waals surface area contributed by atoms with Gasteiger partial charge in [0.15, 0.2) is 0 Å². The topological polar surface area (TPSA) is 55.8 Å². The molecule has 1 aliphatic rings. The molecular weight excluding hydrogens is 395 g/mol. The quantitative estimate of drug-likeness (QED) is 0.732. The standard InChI is InChI=1S/C19H18F3NO4S/c1-26-16-7-3-13(4-8-16)15-11-18(14-5-9-17(27-2)10-6-14)23(12-15)28(24,25)19(20,21)22/h3-10,12,18H,11H2,1-2H3/t18-/m1/s1. The molecule has 9 heteroatoms. The number of hydrogen-bond donors (Lipinski definition) is 0.